The van der Waals surface area contributed by atoms with Crippen LogP contribution >= 0.6 is 24.0 Å². The maximum Gasteiger partial charge on any atom is 0.316 e. The van der Waals surface area contributed by atoms with Crippen LogP contribution in [0.3, 0.4) is 0 Å². The van der Waals surface area contributed by atoms with Gasteiger partial charge in [0.25, 0.3) is 5.91 Å². The lowest BCUT2D eigenvalue weighted by atomic mass is 10.2. The number of hydrogen-bond acceptors (Lipinski definition) is 5. The van der Waals surface area contributed by atoms with E-state index in [9.17, 15) is 14.0 Å². The number of nitrogens with zero attached hydrogens (tertiary/aromatic N) is 1. The number of halogens is 1. The van der Waals surface area contributed by atoms with Crippen molar-refractivity contribution in [3.8, 4) is 0 Å². The number of likely N-dealkylation sites (tertiary alicyclic amines) is 1. The molecule has 0 atom stereocenters. The summed E-state index contributed by atoms with van der Waals surface area (Å²) in [7, 11) is 0. The quantitative estimate of drug-likeness (QED) is 0.635. The molecule has 130 valence electrons. The van der Waals surface area contributed by atoms with Crippen LogP contribution in [0.4, 0.5) is 10.1 Å². The number of aryl methyl sites for hydroxylation is 1. The van der Waals surface area contributed by atoms with Gasteiger partial charge in [-0.05, 0) is 37.5 Å². The maximum atomic E-state index is 13.4. The van der Waals surface area contributed by atoms with Gasteiger partial charge in [-0.25, -0.2) is 4.39 Å². The molecule has 5 nitrogen and oxygen atoms in total. The number of amides is 1. The fourth-order valence-corrected chi connectivity index (χ4v) is 3.22. The minimum absolute atomic E-state index is 0.0712. The van der Waals surface area contributed by atoms with Gasteiger partial charge in [-0.1, -0.05) is 30.0 Å². The van der Waals surface area contributed by atoms with Gasteiger partial charge in [0, 0.05) is 18.8 Å². The fourth-order valence-electron chi connectivity index (χ4n) is 2.17. The molecule has 1 aromatic carbocycles. The van der Waals surface area contributed by atoms with Gasteiger partial charge in [0.05, 0.1) is 5.75 Å². The van der Waals surface area contributed by atoms with Crippen molar-refractivity contribution >= 4 is 45.9 Å². The van der Waals surface area contributed by atoms with E-state index in [1.54, 1.807) is 19.1 Å². The first-order valence-electron chi connectivity index (χ1n) is 7.59. The van der Waals surface area contributed by atoms with E-state index < -0.39 is 24.3 Å². The summed E-state index contributed by atoms with van der Waals surface area (Å²) in [5.41, 5.74) is 0.814. The van der Waals surface area contributed by atoms with Gasteiger partial charge < -0.3 is 15.0 Å². The molecule has 1 aliphatic rings. The van der Waals surface area contributed by atoms with Crippen LogP contribution in [0, 0.1) is 12.7 Å². The minimum atomic E-state index is -0.515. The molecule has 1 N–H and O–H groups in total. The lowest BCUT2D eigenvalue weighted by Crippen LogP contribution is -2.25. The predicted octanol–water partition coefficient (Wildman–Crippen LogP) is 2.73. The Kier molecular flexibility index (Phi) is 6.99. The van der Waals surface area contributed by atoms with Crippen LogP contribution in [-0.2, 0) is 14.3 Å². The number of thioether (sulfide) groups is 1. The summed E-state index contributed by atoms with van der Waals surface area (Å²) in [5.74, 6) is -1.36. The van der Waals surface area contributed by atoms with Crippen molar-refractivity contribution < 1.29 is 18.7 Å². The third-order valence-electron chi connectivity index (χ3n) is 3.50. The summed E-state index contributed by atoms with van der Waals surface area (Å²) < 4.78 is 19.0. The molecule has 0 aliphatic carbocycles. The van der Waals surface area contributed by atoms with Gasteiger partial charge in [0.1, 0.15) is 10.1 Å². The second-order valence-electron chi connectivity index (χ2n) is 5.42. The first-order valence-corrected chi connectivity index (χ1v) is 8.98. The summed E-state index contributed by atoms with van der Waals surface area (Å²) in [4.78, 5) is 25.4. The molecular formula is C16H19FN2O3S2. The molecule has 1 heterocycles. The molecular weight excluding hydrogens is 351 g/mol. The van der Waals surface area contributed by atoms with Gasteiger partial charge in [-0.3, -0.25) is 9.59 Å². The van der Waals surface area contributed by atoms with Crippen LogP contribution in [-0.4, -0.2) is 46.5 Å². The van der Waals surface area contributed by atoms with Crippen LogP contribution in [0.5, 0.6) is 0 Å². The number of anilines is 1. The molecule has 24 heavy (non-hydrogen) atoms. The smallest absolute Gasteiger partial charge is 0.316 e. The third-order valence-corrected chi connectivity index (χ3v) is 4.99. The maximum absolute atomic E-state index is 13.4. The number of hydrogen-bond donors (Lipinski definition) is 1. The Morgan fingerprint density at radius 2 is 2.08 bits per heavy atom. The Balaban J connectivity index is 1.68. The van der Waals surface area contributed by atoms with Gasteiger partial charge >= 0.3 is 5.97 Å². The van der Waals surface area contributed by atoms with Gasteiger partial charge in [-0.2, -0.15) is 0 Å². The Hall–Kier alpha value is -1.67. The number of carbonyl (C=O) groups is 2. The number of carbonyl (C=O) groups excluding carboxylic acids is 2. The molecule has 0 bridgehead atoms. The number of ether oxygens (including phenoxy) is 1. The SMILES string of the molecule is Cc1ccc(NC(=O)COC(=O)CSC(=S)N2CCCC2)cc1F. The molecule has 0 saturated carbocycles. The molecule has 0 unspecified atom stereocenters. The Bertz CT molecular complexity index is 634. The van der Waals surface area contributed by atoms with Gasteiger partial charge in [0.2, 0.25) is 0 Å². The zero-order valence-corrected chi connectivity index (χ0v) is 15.0. The van der Waals surface area contributed by atoms with Crippen molar-refractivity contribution in [3.63, 3.8) is 0 Å². The summed E-state index contributed by atoms with van der Waals surface area (Å²) in [6.07, 6.45) is 2.23. The summed E-state index contributed by atoms with van der Waals surface area (Å²) in [6, 6.07) is 4.37. The van der Waals surface area contributed by atoms with Crippen molar-refractivity contribution in [2.24, 2.45) is 0 Å². The number of rotatable bonds is 5. The first-order chi connectivity index (χ1) is 11.5. The molecule has 1 fully saturated rings. The molecule has 2 rings (SSSR count). The monoisotopic (exact) mass is 370 g/mol. The van der Waals surface area contributed by atoms with E-state index in [2.05, 4.69) is 10.2 Å². The molecule has 1 aliphatic heterocycles. The first kappa shape index (κ1) is 18.7. The molecule has 1 aromatic rings. The topological polar surface area (TPSA) is 58.6 Å². The van der Waals surface area contributed by atoms with Gasteiger partial charge in [0.15, 0.2) is 6.61 Å². The number of nitrogens with one attached hydrogen (secondary N) is 1. The summed E-state index contributed by atoms with van der Waals surface area (Å²) in [6.45, 7) is 3.07. The van der Waals surface area contributed by atoms with Crippen LogP contribution in [0.2, 0.25) is 0 Å². The van der Waals surface area contributed by atoms with Crippen molar-refractivity contribution in [3.05, 3.63) is 29.6 Å². The summed E-state index contributed by atoms with van der Waals surface area (Å²) in [5, 5.41) is 2.48. The fraction of sp³-hybridized carbons (Fsp3) is 0.438. The van der Waals surface area contributed by atoms with Crippen LogP contribution in [0.15, 0.2) is 18.2 Å². The zero-order chi connectivity index (χ0) is 17.5. The van der Waals surface area contributed by atoms with Crippen LogP contribution in [0.1, 0.15) is 18.4 Å². The van der Waals surface area contributed by atoms with E-state index in [0.29, 0.717) is 15.6 Å². The largest absolute Gasteiger partial charge is 0.455 e. The number of benzene rings is 1. The highest BCUT2D eigenvalue weighted by Crippen LogP contribution is 2.16. The molecule has 8 heteroatoms. The Morgan fingerprint density at radius 1 is 1.38 bits per heavy atom. The van der Waals surface area contributed by atoms with E-state index in [1.165, 1.54) is 17.8 Å². The van der Waals surface area contributed by atoms with E-state index in [0.717, 1.165) is 25.9 Å². The predicted molar refractivity (Wildman–Crippen MR) is 96.6 cm³/mol. The Morgan fingerprint density at radius 3 is 2.75 bits per heavy atom. The molecule has 1 saturated heterocycles. The van der Waals surface area contributed by atoms with E-state index >= 15 is 0 Å². The lowest BCUT2D eigenvalue weighted by Gasteiger charge is -2.17. The van der Waals surface area contributed by atoms with Gasteiger partial charge in [-0.15, -0.1) is 0 Å². The van der Waals surface area contributed by atoms with Crippen molar-refractivity contribution in [2.75, 3.05) is 30.8 Å². The van der Waals surface area contributed by atoms with E-state index in [4.69, 9.17) is 17.0 Å². The average molecular weight is 370 g/mol. The molecule has 0 spiro atoms. The number of esters is 1. The molecule has 1 amide bonds. The van der Waals surface area contributed by atoms with E-state index in [1.807, 2.05) is 0 Å². The normalized spacial score (nSPS) is 13.7. The highest BCUT2D eigenvalue weighted by molar-refractivity contribution is 8.23. The highest BCUT2D eigenvalue weighted by Gasteiger charge is 2.17. The second-order valence-corrected chi connectivity index (χ2v) is 7.03. The lowest BCUT2D eigenvalue weighted by molar-refractivity contribution is -0.144. The van der Waals surface area contributed by atoms with Crippen LogP contribution in [0.25, 0.3) is 0 Å². The number of thiocarbonyl (C=S) groups is 1. The second kappa shape index (κ2) is 8.98. The van der Waals surface area contributed by atoms with Crippen LogP contribution < -0.4 is 5.32 Å². The molecule has 0 aromatic heterocycles. The average Bonchev–Trinajstić information content (AvgIpc) is 3.08. The Labute approximate surface area is 149 Å². The zero-order valence-electron chi connectivity index (χ0n) is 13.3. The summed E-state index contributed by atoms with van der Waals surface area (Å²) >= 11 is 6.49. The molecule has 0 radical (unpaired) electrons. The third kappa shape index (κ3) is 5.76. The van der Waals surface area contributed by atoms with Crippen molar-refractivity contribution in [1.82, 2.24) is 4.90 Å². The standard InChI is InChI=1S/C16H19FN2O3S2/c1-11-4-5-12(8-13(11)17)18-14(20)9-22-15(21)10-24-16(23)19-6-2-3-7-19/h4-5,8H,2-3,6-7,9-10H2,1H3,(H,18,20). The minimum Gasteiger partial charge on any atom is -0.455 e. The van der Waals surface area contributed by atoms with E-state index in [-0.39, 0.29) is 5.75 Å². The highest BCUT2D eigenvalue weighted by atomic mass is 32.2. The van der Waals surface area contributed by atoms with Crippen molar-refractivity contribution in [2.45, 2.75) is 19.8 Å². The van der Waals surface area contributed by atoms with Crippen molar-refractivity contribution in [1.29, 1.82) is 0 Å².